The van der Waals surface area contributed by atoms with Crippen LogP contribution < -0.4 is 5.32 Å². The van der Waals surface area contributed by atoms with Crippen LogP contribution in [0.5, 0.6) is 0 Å². The lowest BCUT2D eigenvalue weighted by Crippen LogP contribution is -2.16. The van der Waals surface area contributed by atoms with Crippen molar-refractivity contribution in [1.82, 2.24) is 20.3 Å². The van der Waals surface area contributed by atoms with E-state index < -0.39 is 0 Å². The van der Waals surface area contributed by atoms with Gasteiger partial charge >= 0.3 is 0 Å². The number of nitrogens with one attached hydrogen (secondary N) is 1. The predicted octanol–water partition coefficient (Wildman–Crippen LogP) is 5.36. The van der Waals surface area contributed by atoms with Crippen LogP contribution in [0, 0.1) is 6.92 Å². The Hall–Kier alpha value is -2.46. The number of aromatic nitrogens is 3. The van der Waals surface area contributed by atoms with E-state index in [2.05, 4.69) is 67.7 Å². The predicted molar refractivity (Wildman–Crippen MR) is 116 cm³/mol. The molecule has 3 rings (SSSR count). The molecule has 1 N–H and O–H groups in total. The summed E-state index contributed by atoms with van der Waals surface area (Å²) in [4.78, 5) is 1.82. The normalized spacial score (nSPS) is 11.1. The number of hydrogen-bond donors (Lipinski definition) is 1. The second-order valence-electron chi connectivity index (χ2n) is 7.47. The summed E-state index contributed by atoms with van der Waals surface area (Å²) in [5.41, 5.74) is 5.61. The number of rotatable bonds is 11. The van der Waals surface area contributed by atoms with E-state index >= 15 is 0 Å². The van der Waals surface area contributed by atoms with Gasteiger partial charge in [0.05, 0.1) is 6.54 Å². The molecule has 0 aliphatic heterocycles. The minimum Gasteiger partial charge on any atom is -0.311 e. The highest BCUT2D eigenvalue weighted by atomic mass is 15.5. The summed E-state index contributed by atoms with van der Waals surface area (Å²) >= 11 is 0. The molecule has 0 fully saturated rings. The Bertz CT molecular complexity index is 822. The maximum atomic E-state index is 4.80. The zero-order chi connectivity index (χ0) is 19.6. The van der Waals surface area contributed by atoms with Crippen LogP contribution >= 0.6 is 0 Å². The van der Waals surface area contributed by atoms with E-state index in [0.29, 0.717) is 6.54 Å². The Morgan fingerprint density at radius 3 is 2.36 bits per heavy atom. The van der Waals surface area contributed by atoms with E-state index in [1.165, 1.54) is 43.2 Å². The van der Waals surface area contributed by atoms with E-state index in [1.807, 2.05) is 10.9 Å². The van der Waals surface area contributed by atoms with Crippen LogP contribution in [0.2, 0.25) is 0 Å². The third-order valence-electron chi connectivity index (χ3n) is 4.97. The summed E-state index contributed by atoms with van der Waals surface area (Å²) < 4.78 is 0. The average molecular weight is 377 g/mol. The molecule has 0 atom stereocenters. The SMILES string of the molecule is CCCCCCCNCc1nn(Cc2ccc(C)cc2)nc1-c1ccccc1. The van der Waals surface area contributed by atoms with Gasteiger partial charge in [-0.3, -0.25) is 0 Å². The van der Waals surface area contributed by atoms with Crippen molar-refractivity contribution in [2.45, 2.75) is 59.0 Å². The molecule has 0 amide bonds. The van der Waals surface area contributed by atoms with Crippen molar-refractivity contribution < 1.29 is 0 Å². The molecule has 0 aliphatic rings. The van der Waals surface area contributed by atoms with Crippen molar-refractivity contribution in [3.63, 3.8) is 0 Å². The fourth-order valence-corrected chi connectivity index (χ4v) is 3.31. The van der Waals surface area contributed by atoms with Gasteiger partial charge in [-0.05, 0) is 25.5 Å². The first kappa shape index (κ1) is 20.3. The zero-order valence-electron chi connectivity index (χ0n) is 17.2. The molecule has 0 spiro atoms. The van der Waals surface area contributed by atoms with Crippen LogP contribution in [0.4, 0.5) is 0 Å². The van der Waals surface area contributed by atoms with Crippen molar-refractivity contribution in [2.24, 2.45) is 0 Å². The van der Waals surface area contributed by atoms with Crippen molar-refractivity contribution in [3.8, 4) is 11.3 Å². The van der Waals surface area contributed by atoms with Crippen molar-refractivity contribution >= 4 is 0 Å². The molecule has 0 bridgehead atoms. The van der Waals surface area contributed by atoms with E-state index in [0.717, 1.165) is 30.0 Å². The molecule has 1 heterocycles. The van der Waals surface area contributed by atoms with Gasteiger partial charge in [0.15, 0.2) is 0 Å². The fourth-order valence-electron chi connectivity index (χ4n) is 3.31. The van der Waals surface area contributed by atoms with Crippen LogP contribution in [-0.2, 0) is 13.1 Å². The van der Waals surface area contributed by atoms with E-state index in [1.54, 1.807) is 0 Å². The topological polar surface area (TPSA) is 42.7 Å². The molecule has 4 nitrogen and oxygen atoms in total. The van der Waals surface area contributed by atoms with Gasteiger partial charge in [-0.1, -0.05) is 92.8 Å². The lowest BCUT2D eigenvalue weighted by Gasteiger charge is -2.04. The number of nitrogens with zero attached hydrogens (tertiary/aromatic N) is 3. The Kier molecular flexibility index (Phi) is 7.80. The maximum absolute atomic E-state index is 4.80. The Morgan fingerprint density at radius 2 is 1.61 bits per heavy atom. The molecular weight excluding hydrogens is 344 g/mol. The minimum atomic E-state index is 0.692. The zero-order valence-corrected chi connectivity index (χ0v) is 17.2. The first-order chi connectivity index (χ1) is 13.8. The van der Waals surface area contributed by atoms with E-state index in [-0.39, 0.29) is 0 Å². The highest BCUT2D eigenvalue weighted by Crippen LogP contribution is 2.20. The maximum Gasteiger partial charge on any atom is 0.117 e. The number of benzene rings is 2. The van der Waals surface area contributed by atoms with E-state index in [4.69, 9.17) is 10.2 Å². The molecule has 4 heteroatoms. The summed E-state index contributed by atoms with van der Waals surface area (Å²) in [5.74, 6) is 0. The highest BCUT2D eigenvalue weighted by molar-refractivity contribution is 5.60. The van der Waals surface area contributed by atoms with Gasteiger partial charge in [0.25, 0.3) is 0 Å². The Morgan fingerprint density at radius 1 is 0.857 bits per heavy atom. The fraction of sp³-hybridized carbons (Fsp3) is 0.417. The second kappa shape index (κ2) is 10.8. The van der Waals surface area contributed by atoms with E-state index in [9.17, 15) is 0 Å². The monoisotopic (exact) mass is 376 g/mol. The first-order valence-corrected chi connectivity index (χ1v) is 10.5. The lowest BCUT2D eigenvalue weighted by atomic mass is 10.1. The Balaban J connectivity index is 1.66. The molecule has 1 aromatic heterocycles. The molecule has 0 saturated heterocycles. The van der Waals surface area contributed by atoms with Crippen LogP contribution in [0.1, 0.15) is 55.8 Å². The molecule has 28 heavy (non-hydrogen) atoms. The van der Waals surface area contributed by atoms with Gasteiger partial charge in [0.1, 0.15) is 11.4 Å². The number of hydrogen-bond acceptors (Lipinski definition) is 3. The largest absolute Gasteiger partial charge is 0.311 e. The number of aryl methyl sites for hydroxylation is 1. The molecule has 0 aliphatic carbocycles. The van der Waals surface area contributed by atoms with Crippen LogP contribution in [0.3, 0.4) is 0 Å². The summed E-state index contributed by atoms with van der Waals surface area (Å²) in [5, 5.41) is 13.2. The van der Waals surface area contributed by atoms with Gasteiger partial charge in [-0.2, -0.15) is 15.0 Å². The molecule has 0 radical (unpaired) electrons. The van der Waals surface area contributed by atoms with Gasteiger partial charge in [0, 0.05) is 12.1 Å². The van der Waals surface area contributed by atoms with Crippen LogP contribution in [-0.4, -0.2) is 21.5 Å². The first-order valence-electron chi connectivity index (χ1n) is 10.5. The molecule has 3 aromatic rings. The third kappa shape index (κ3) is 6.03. The summed E-state index contributed by atoms with van der Waals surface area (Å²) in [6, 6.07) is 18.9. The van der Waals surface area contributed by atoms with Gasteiger partial charge < -0.3 is 5.32 Å². The standard InChI is InChI=1S/C24H32N4/c1-3-4-5-6-10-17-25-18-23-24(22-11-8-7-9-12-22)27-28(26-23)19-21-15-13-20(2)14-16-21/h7-9,11-16,25H,3-6,10,17-19H2,1-2H3. The Labute approximate surface area is 169 Å². The number of unbranched alkanes of at least 4 members (excludes halogenated alkanes) is 4. The van der Waals surface area contributed by atoms with Crippen molar-refractivity contribution in [3.05, 3.63) is 71.4 Å². The van der Waals surface area contributed by atoms with Crippen LogP contribution in [0.25, 0.3) is 11.3 Å². The summed E-state index contributed by atoms with van der Waals surface area (Å²) in [6.07, 6.45) is 6.48. The van der Waals surface area contributed by atoms with Gasteiger partial charge in [0.2, 0.25) is 0 Å². The van der Waals surface area contributed by atoms with Gasteiger partial charge in [-0.25, -0.2) is 0 Å². The molecule has 2 aromatic carbocycles. The smallest absolute Gasteiger partial charge is 0.117 e. The quantitative estimate of drug-likeness (QED) is 0.458. The minimum absolute atomic E-state index is 0.692. The van der Waals surface area contributed by atoms with Crippen LogP contribution in [0.15, 0.2) is 54.6 Å². The molecule has 148 valence electrons. The average Bonchev–Trinajstić information content (AvgIpc) is 3.12. The van der Waals surface area contributed by atoms with Crippen molar-refractivity contribution in [1.29, 1.82) is 0 Å². The van der Waals surface area contributed by atoms with Gasteiger partial charge in [-0.15, -0.1) is 0 Å². The summed E-state index contributed by atoms with van der Waals surface area (Å²) in [6.45, 7) is 6.84. The highest BCUT2D eigenvalue weighted by Gasteiger charge is 2.13. The second-order valence-corrected chi connectivity index (χ2v) is 7.47. The molecular formula is C24H32N4. The lowest BCUT2D eigenvalue weighted by molar-refractivity contribution is 0.561. The molecule has 0 unspecified atom stereocenters. The van der Waals surface area contributed by atoms with Crippen molar-refractivity contribution in [2.75, 3.05) is 6.54 Å². The summed E-state index contributed by atoms with van der Waals surface area (Å²) in [7, 11) is 0. The molecule has 0 saturated carbocycles. The third-order valence-corrected chi connectivity index (χ3v) is 4.97.